The number of carbonyl (C=O) groups excluding carboxylic acids is 1. The lowest BCUT2D eigenvalue weighted by molar-refractivity contribution is -0.116. The van der Waals surface area contributed by atoms with Crippen LogP contribution in [0.3, 0.4) is 0 Å². The quantitative estimate of drug-likeness (QED) is 0.773. The Hall–Kier alpha value is -1.93. The number of rotatable bonds is 4. The summed E-state index contributed by atoms with van der Waals surface area (Å²) in [6, 6.07) is 8.71. The van der Waals surface area contributed by atoms with Gasteiger partial charge in [0, 0.05) is 18.5 Å². The lowest BCUT2D eigenvalue weighted by Crippen LogP contribution is -2.16. The van der Waals surface area contributed by atoms with Crippen LogP contribution in [0.4, 0.5) is 5.69 Å². The predicted molar refractivity (Wildman–Crippen MR) is 65.8 cm³/mol. The minimum atomic E-state index is -0.164. The highest BCUT2D eigenvalue weighted by molar-refractivity contribution is 7.80. The molecule has 0 unspecified atom stereocenters. The Morgan fingerprint density at radius 2 is 2.25 bits per heavy atom. The summed E-state index contributed by atoms with van der Waals surface area (Å²) in [6.07, 6.45) is 0.644. The van der Waals surface area contributed by atoms with Crippen molar-refractivity contribution in [3.8, 4) is 6.07 Å². The van der Waals surface area contributed by atoms with E-state index in [0.717, 1.165) is 0 Å². The number of nitriles is 1. The van der Waals surface area contributed by atoms with Crippen molar-refractivity contribution in [2.24, 2.45) is 5.73 Å². The average Bonchev–Trinajstić information content (AvgIpc) is 2.26. The number of amides is 1. The van der Waals surface area contributed by atoms with Crippen molar-refractivity contribution in [3.63, 3.8) is 0 Å². The zero-order chi connectivity index (χ0) is 12.0. The van der Waals surface area contributed by atoms with Crippen LogP contribution in [0.1, 0.15) is 18.4 Å². The molecule has 1 aromatic rings. The molecular weight excluding hydrogens is 222 g/mol. The summed E-state index contributed by atoms with van der Waals surface area (Å²) in [4.78, 5) is 11.7. The summed E-state index contributed by atoms with van der Waals surface area (Å²) in [5, 5.41) is 11.3. The Bertz CT molecular complexity index is 451. The molecule has 1 aromatic carbocycles. The normalized spacial score (nSPS) is 9.19. The minimum absolute atomic E-state index is 0.164. The van der Waals surface area contributed by atoms with E-state index in [1.54, 1.807) is 24.3 Å². The molecule has 0 aliphatic rings. The van der Waals surface area contributed by atoms with E-state index >= 15 is 0 Å². The second-order valence-electron chi connectivity index (χ2n) is 3.21. The van der Waals surface area contributed by atoms with Gasteiger partial charge in [0.1, 0.15) is 0 Å². The fraction of sp³-hybridized carbons (Fsp3) is 0.182. The van der Waals surface area contributed by atoms with Crippen LogP contribution in [-0.4, -0.2) is 10.9 Å². The second kappa shape index (κ2) is 5.83. The molecule has 0 aliphatic heterocycles. The Labute approximate surface area is 99.1 Å². The SMILES string of the molecule is N#Cc1cccc(NC(=O)CCC(N)=S)c1. The van der Waals surface area contributed by atoms with Crippen molar-refractivity contribution in [2.45, 2.75) is 12.8 Å². The number of carbonyl (C=O) groups is 1. The second-order valence-corrected chi connectivity index (χ2v) is 3.73. The van der Waals surface area contributed by atoms with Crippen LogP contribution in [0.2, 0.25) is 0 Å². The van der Waals surface area contributed by atoms with Crippen LogP contribution < -0.4 is 11.1 Å². The van der Waals surface area contributed by atoms with Gasteiger partial charge in [0.2, 0.25) is 5.91 Å². The molecule has 0 bridgehead atoms. The van der Waals surface area contributed by atoms with E-state index < -0.39 is 0 Å². The highest BCUT2D eigenvalue weighted by atomic mass is 32.1. The molecule has 16 heavy (non-hydrogen) atoms. The summed E-state index contributed by atoms with van der Waals surface area (Å²) in [5.74, 6) is -0.164. The first-order valence-corrected chi connectivity index (χ1v) is 5.11. The van der Waals surface area contributed by atoms with Gasteiger partial charge >= 0.3 is 0 Å². The van der Waals surface area contributed by atoms with E-state index in [-0.39, 0.29) is 12.3 Å². The number of benzene rings is 1. The third kappa shape index (κ3) is 4.07. The molecule has 1 amide bonds. The monoisotopic (exact) mass is 233 g/mol. The molecule has 0 fully saturated rings. The molecule has 0 aromatic heterocycles. The summed E-state index contributed by atoms with van der Waals surface area (Å²) >= 11 is 4.67. The Balaban J connectivity index is 2.56. The van der Waals surface area contributed by atoms with Crippen molar-refractivity contribution in [2.75, 3.05) is 5.32 Å². The standard InChI is InChI=1S/C11H11N3OS/c12-7-8-2-1-3-9(6-8)14-11(15)5-4-10(13)16/h1-3,6H,4-5H2,(H2,13,16)(H,14,15). The van der Waals surface area contributed by atoms with Gasteiger partial charge < -0.3 is 11.1 Å². The van der Waals surface area contributed by atoms with E-state index in [9.17, 15) is 4.79 Å². The van der Waals surface area contributed by atoms with E-state index in [4.69, 9.17) is 11.0 Å². The van der Waals surface area contributed by atoms with Crippen molar-refractivity contribution in [1.82, 2.24) is 0 Å². The van der Waals surface area contributed by atoms with E-state index in [2.05, 4.69) is 17.5 Å². The summed E-state index contributed by atoms with van der Waals surface area (Å²) < 4.78 is 0. The van der Waals surface area contributed by atoms with E-state index in [1.807, 2.05) is 6.07 Å². The number of nitrogens with one attached hydrogen (secondary N) is 1. The first kappa shape index (κ1) is 12.1. The fourth-order valence-corrected chi connectivity index (χ4v) is 1.23. The number of anilines is 1. The van der Waals surface area contributed by atoms with Gasteiger partial charge in [-0.2, -0.15) is 5.26 Å². The number of hydrogen-bond acceptors (Lipinski definition) is 3. The number of thiocarbonyl (C=S) groups is 1. The Kier molecular flexibility index (Phi) is 4.42. The van der Waals surface area contributed by atoms with Crippen molar-refractivity contribution in [1.29, 1.82) is 5.26 Å². The average molecular weight is 233 g/mol. The van der Waals surface area contributed by atoms with Gasteiger partial charge in [-0.3, -0.25) is 4.79 Å². The lowest BCUT2D eigenvalue weighted by atomic mass is 10.2. The maximum atomic E-state index is 11.4. The van der Waals surface area contributed by atoms with Crippen LogP contribution >= 0.6 is 12.2 Å². The number of hydrogen-bond donors (Lipinski definition) is 2. The lowest BCUT2D eigenvalue weighted by Gasteiger charge is -2.04. The highest BCUT2D eigenvalue weighted by Gasteiger charge is 2.03. The molecule has 0 heterocycles. The summed E-state index contributed by atoms with van der Waals surface area (Å²) in [6.45, 7) is 0. The van der Waals surface area contributed by atoms with Gasteiger partial charge in [-0.1, -0.05) is 18.3 Å². The molecule has 1 rings (SSSR count). The van der Waals surface area contributed by atoms with Crippen LogP contribution in [0.5, 0.6) is 0 Å². The van der Waals surface area contributed by atoms with E-state index in [1.165, 1.54) is 0 Å². The van der Waals surface area contributed by atoms with Gasteiger partial charge in [0.05, 0.1) is 16.6 Å². The van der Waals surface area contributed by atoms with Gasteiger partial charge in [-0.15, -0.1) is 0 Å². The third-order valence-corrected chi connectivity index (χ3v) is 2.08. The van der Waals surface area contributed by atoms with Gasteiger partial charge in [0.15, 0.2) is 0 Å². The zero-order valence-electron chi connectivity index (χ0n) is 8.56. The van der Waals surface area contributed by atoms with Gasteiger partial charge in [0.25, 0.3) is 0 Å². The molecule has 4 nitrogen and oxygen atoms in total. The molecule has 3 N–H and O–H groups in total. The molecule has 0 atom stereocenters. The Morgan fingerprint density at radius 3 is 2.88 bits per heavy atom. The Morgan fingerprint density at radius 1 is 1.50 bits per heavy atom. The first-order valence-electron chi connectivity index (χ1n) is 4.70. The molecule has 5 heteroatoms. The van der Waals surface area contributed by atoms with Gasteiger partial charge in [-0.25, -0.2) is 0 Å². The number of nitrogens with two attached hydrogens (primary N) is 1. The van der Waals surface area contributed by atoms with Crippen molar-refractivity contribution < 1.29 is 4.79 Å². The zero-order valence-corrected chi connectivity index (χ0v) is 9.38. The number of nitrogens with zero attached hydrogens (tertiary/aromatic N) is 1. The van der Waals surface area contributed by atoms with Crippen LogP contribution in [0.15, 0.2) is 24.3 Å². The maximum Gasteiger partial charge on any atom is 0.224 e. The predicted octanol–water partition coefficient (Wildman–Crippen LogP) is 1.56. The molecule has 0 saturated carbocycles. The topological polar surface area (TPSA) is 78.9 Å². The highest BCUT2D eigenvalue weighted by Crippen LogP contribution is 2.10. The van der Waals surface area contributed by atoms with Crippen LogP contribution in [0, 0.1) is 11.3 Å². The molecule has 0 radical (unpaired) electrons. The third-order valence-electron chi connectivity index (χ3n) is 1.87. The molecule has 0 spiro atoms. The van der Waals surface area contributed by atoms with E-state index in [0.29, 0.717) is 22.7 Å². The molecular formula is C11H11N3OS. The van der Waals surface area contributed by atoms with Gasteiger partial charge in [-0.05, 0) is 18.2 Å². The smallest absolute Gasteiger partial charge is 0.224 e. The summed E-state index contributed by atoms with van der Waals surface area (Å²) in [5.41, 5.74) is 6.40. The van der Waals surface area contributed by atoms with Crippen molar-refractivity contribution in [3.05, 3.63) is 29.8 Å². The molecule has 0 saturated heterocycles. The minimum Gasteiger partial charge on any atom is -0.393 e. The fourth-order valence-electron chi connectivity index (χ4n) is 1.13. The largest absolute Gasteiger partial charge is 0.393 e. The van der Waals surface area contributed by atoms with Crippen LogP contribution in [-0.2, 0) is 4.79 Å². The summed E-state index contributed by atoms with van der Waals surface area (Å²) in [7, 11) is 0. The maximum absolute atomic E-state index is 11.4. The first-order chi connectivity index (χ1) is 7.61. The molecule has 0 aliphatic carbocycles. The van der Waals surface area contributed by atoms with Crippen LogP contribution in [0.25, 0.3) is 0 Å². The van der Waals surface area contributed by atoms with Crippen molar-refractivity contribution >= 4 is 28.8 Å². The molecule has 82 valence electrons.